The Balaban J connectivity index is 2.05. The third kappa shape index (κ3) is 4.96. The first-order valence-electron chi connectivity index (χ1n) is 5.99. The van der Waals surface area contributed by atoms with Crippen LogP contribution in [0.3, 0.4) is 0 Å². The first kappa shape index (κ1) is 12.7. The summed E-state index contributed by atoms with van der Waals surface area (Å²) < 4.78 is 0. The summed E-state index contributed by atoms with van der Waals surface area (Å²) >= 11 is 0. The highest BCUT2D eigenvalue weighted by Crippen LogP contribution is 2.04. The second-order valence-corrected chi connectivity index (χ2v) is 4.05. The summed E-state index contributed by atoms with van der Waals surface area (Å²) in [4.78, 5) is 18.6. The van der Waals surface area contributed by atoms with E-state index in [1.165, 1.54) is 0 Å². The minimum atomic E-state index is 0.169. The molecule has 4 heteroatoms. The number of carbonyl (C=O) groups is 1. The molecule has 0 aliphatic rings. The van der Waals surface area contributed by atoms with Gasteiger partial charge in [-0.2, -0.15) is 0 Å². The summed E-state index contributed by atoms with van der Waals surface area (Å²) in [6, 6.07) is 0. The molecular weight excluding hydrogens is 202 g/mol. The molecule has 16 heavy (non-hydrogen) atoms. The van der Waals surface area contributed by atoms with Gasteiger partial charge in [-0.3, -0.25) is 4.79 Å². The van der Waals surface area contributed by atoms with Gasteiger partial charge in [-0.15, -0.1) is 0 Å². The lowest BCUT2D eigenvalue weighted by Gasteiger charge is -2.02. The Labute approximate surface area is 96.9 Å². The van der Waals surface area contributed by atoms with Gasteiger partial charge in [0.2, 0.25) is 5.91 Å². The lowest BCUT2D eigenvalue weighted by atomic mass is 10.1. The maximum Gasteiger partial charge on any atom is 0.219 e. The summed E-state index contributed by atoms with van der Waals surface area (Å²) in [7, 11) is 0. The van der Waals surface area contributed by atoms with Gasteiger partial charge < -0.3 is 10.3 Å². The number of hydrogen-bond acceptors (Lipinski definition) is 2. The van der Waals surface area contributed by atoms with Crippen LogP contribution in [-0.2, 0) is 11.2 Å². The molecule has 0 aliphatic carbocycles. The molecule has 0 saturated carbocycles. The zero-order chi connectivity index (χ0) is 11.8. The quantitative estimate of drug-likeness (QED) is 0.694. The summed E-state index contributed by atoms with van der Waals surface area (Å²) in [5.74, 6) is 1.12. The molecule has 1 aromatic heterocycles. The van der Waals surface area contributed by atoms with Crippen LogP contribution in [0.5, 0.6) is 0 Å². The zero-order valence-electron chi connectivity index (χ0n) is 10.2. The fourth-order valence-corrected chi connectivity index (χ4v) is 1.55. The molecular formula is C12H21N3O. The van der Waals surface area contributed by atoms with E-state index in [9.17, 15) is 4.79 Å². The van der Waals surface area contributed by atoms with Gasteiger partial charge in [-0.25, -0.2) is 4.98 Å². The van der Waals surface area contributed by atoms with Crippen LogP contribution in [0.25, 0.3) is 0 Å². The van der Waals surface area contributed by atoms with Crippen LogP contribution in [0.4, 0.5) is 0 Å². The Morgan fingerprint density at radius 1 is 1.50 bits per heavy atom. The number of amides is 1. The van der Waals surface area contributed by atoms with Gasteiger partial charge in [0.25, 0.3) is 0 Å². The van der Waals surface area contributed by atoms with E-state index in [0.717, 1.165) is 43.7 Å². The first-order valence-corrected chi connectivity index (χ1v) is 5.99. The van der Waals surface area contributed by atoms with Crippen LogP contribution in [-0.4, -0.2) is 22.4 Å². The number of nitrogens with zero attached hydrogens (tertiary/aromatic N) is 1. The predicted octanol–water partition coefficient (Wildman–Crippen LogP) is 1.96. The summed E-state index contributed by atoms with van der Waals surface area (Å²) in [5.41, 5.74) is 1.16. The van der Waals surface area contributed by atoms with Crippen molar-refractivity contribution in [2.24, 2.45) is 0 Å². The van der Waals surface area contributed by atoms with E-state index in [0.29, 0.717) is 6.42 Å². The number of carbonyl (C=O) groups excluding carboxylic acids is 1. The van der Waals surface area contributed by atoms with Crippen LogP contribution in [0.1, 0.15) is 44.1 Å². The van der Waals surface area contributed by atoms with E-state index < -0.39 is 0 Å². The molecule has 2 N–H and O–H groups in total. The summed E-state index contributed by atoms with van der Waals surface area (Å²) in [6.45, 7) is 4.79. The van der Waals surface area contributed by atoms with Gasteiger partial charge >= 0.3 is 0 Å². The topological polar surface area (TPSA) is 57.8 Å². The maximum atomic E-state index is 11.3. The number of nitrogens with one attached hydrogen (secondary N) is 2. The minimum Gasteiger partial charge on any atom is -0.356 e. The molecule has 0 fully saturated rings. The average Bonchev–Trinajstić information content (AvgIpc) is 2.67. The van der Waals surface area contributed by atoms with Gasteiger partial charge in [-0.05, 0) is 32.6 Å². The van der Waals surface area contributed by atoms with Crippen LogP contribution in [0, 0.1) is 6.92 Å². The number of imidazole rings is 1. The van der Waals surface area contributed by atoms with Gasteiger partial charge in [0.1, 0.15) is 5.82 Å². The number of aromatic nitrogens is 2. The molecule has 0 radical (unpaired) electrons. The number of hydrogen-bond donors (Lipinski definition) is 2. The molecule has 0 saturated heterocycles. The van der Waals surface area contributed by atoms with E-state index in [1.807, 2.05) is 13.1 Å². The van der Waals surface area contributed by atoms with Crippen molar-refractivity contribution in [2.75, 3.05) is 6.54 Å². The molecule has 0 spiro atoms. The molecule has 0 aromatic carbocycles. The molecule has 1 rings (SSSR count). The molecule has 4 nitrogen and oxygen atoms in total. The summed E-state index contributed by atoms with van der Waals surface area (Å²) in [5, 5.41) is 2.88. The summed E-state index contributed by atoms with van der Waals surface area (Å²) in [6.07, 6.45) is 6.44. The Kier molecular flexibility index (Phi) is 5.61. The molecule has 1 heterocycles. The van der Waals surface area contributed by atoms with E-state index in [-0.39, 0.29) is 5.91 Å². The Bertz CT molecular complexity index is 320. The smallest absolute Gasteiger partial charge is 0.219 e. The second kappa shape index (κ2) is 7.04. The van der Waals surface area contributed by atoms with E-state index in [2.05, 4.69) is 22.2 Å². The van der Waals surface area contributed by atoms with Crippen LogP contribution in [0.2, 0.25) is 0 Å². The van der Waals surface area contributed by atoms with Gasteiger partial charge in [0.15, 0.2) is 0 Å². The molecule has 1 amide bonds. The van der Waals surface area contributed by atoms with Crippen molar-refractivity contribution >= 4 is 5.91 Å². The number of H-pyrrole nitrogens is 1. The third-order valence-electron chi connectivity index (χ3n) is 2.43. The van der Waals surface area contributed by atoms with Gasteiger partial charge in [0.05, 0.1) is 0 Å². The van der Waals surface area contributed by atoms with Crippen molar-refractivity contribution in [3.8, 4) is 0 Å². The monoisotopic (exact) mass is 223 g/mol. The maximum absolute atomic E-state index is 11.3. The molecule has 0 atom stereocenters. The fourth-order valence-electron chi connectivity index (χ4n) is 1.55. The number of rotatable bonds is 7. The molecule has 1 aromatic rings. The van der Waals surface area contributed by atoms with Crippen molar-refractivity contribution in [3.63, 3.8) is 0 Å². The van der Waals surface area contributed by atoms with Crippen LogP contribution < -0.4 is 5.32 Å². The lowest BCUT2D eigenvalue weighted by molar-refractivity contribution is -0.121. The first-order chi connectivity index (χ1) is 7.72. The molecule has 0 unspecified atom stereocenters. The highest BCUT2D eigenvalue weighted by Gasteiger charge is 2.01. The van der Waals surface area contributed by atoms with Crippen molar-refractivity contribution in [1.29, 1.82) is 0 Å². The Morgan fingerprint density at radius 2 is 2.31 bits per heavy atom. The highest BCUT2D eigenvalue weighted by atomic mass is 16.1. The van der Waals surface area contributed by atoms with Crippen molar-refractivity contribution < 1.29 is 4.79 Å². The molecule has 90 valence electrons. The third-order valence-corrected chi connectivity index (χ3v) is 2.43. The van der Waals surface area contributed by atoms with Gasteiger partial charge in [0, 0.05) is 24.9 Å². The number of unbranched alkanes of at least 4 members (excludes halogenated alkanes) is 1. The molecule has 0 bridgehead atoms. The largest absolute Gasteiger partial charge is 0.356 e. The Morgan fingerprint density at radius 3 is 2.94 bits per heavy atom. The standard InChI is InChI=1S/C12H21N3O/c1-3-8-13-12(16)7-5-4-6-11-9-14-10(2)15-11/h9H,3-8H2,1-2H3,(H,13,16)(H,14,15). The normalized spacial score (nSPS) is 10.4. The van der Waals surface area contributed by atoms with E-state index in [4.69, 9.17) is 0 Å². The second-order valence-electron chi connectivity index (χ2n) is 4.05. The Hall–Kier alpha value is -1.32. The minimum absolute atomic E-state index is 0.169. The molecule has 0 aliphatic heterocycles. The van der Waals surface area contributed by atoms with Gasteiger partial charge in [-0.1, -0.05) is 6.92 Å². The van der Waals surface area contributed by atoms with Crippen molar-refractivity contribution in [1.82, 2.24) is 15.3 Å². The van der Waals surface area contributed by atoms with E-state index >= 15 is 0 Å². The van der Waals surface area contributed by atoms with E-state index in [1.54, 1.807) is 0 Å². The SMILES string of the molecule is CCCNC(=O)CCCCc1cnc(C)[nH]1. The highest BCUT2D eigenvalue weighted by molar-refractivity contribution is 5.75. The lowest BCUT2D eigenvalue weighted by Crippen LogP contribution is -2.23. The van der Waals surface area contributed by atoms with Crippen LogP contribution >= 0.6 is 0 Å². The fraction of sp³-hybridized carbons (Fsp3) is 0.667. The average molecular weight is 223 g/mol. The predicted molar refractivity (Wildman–Crippen MR) is 64.2 cm³/mol. The number of aromatic amines is 1. The van der Waals surface area contributed by atoms with Crippen molar-refractivity contribution in [3.05, 3.63) is 17.7 Å². The van der Waals surface area contributed by atoms with Crippen molar-refractivity contribution in [2.45, 2.75) is 46.0 Å². The zero-order valence-corrected chi connectivity index (χ0v) is 10.2. The van der Waals surface area contributed by atoms with Crippen LogP contribution in [0.15, 0.2) is 6.20 Å². The number of aryl methyl sites for hydroxylation is 2.